The van der Waals surface area contributed by atoms with Gasteiger partial charge in [0.05, 0.1) is 0 Å². The highest BCUT2D eigenvalue weighted by Crippen LogP contribution is 2.14. The third kappa shape index (κ3) is 52.4. The first-order valence-corrected chi connectivity index (χ1v) is 26.7. The van der Waals surface area contributed by atoms with E-state index in [2.05, 4.69) is 142 Å². The zero-order valence-corrected chi connectivity index (χ0v) is 42.9. The lowest BCUT2D eigenvalue weighted by Gasteiger charge is -2.18. The summed E-state index contributed by atoms with van der Waals surface area (Å²) in [5, 5.41) is 0. The third-order valence-electron chi connectivity index (χ3n) is 10.7. The van der Waals surface area contributed by atoms with E-state index in [0.717, 1.165) is 96.3 Å². The molecular weight excluding hydrogens is 829 g/mol. The summed E-state index contributed by atoms with van der Waals surface area (Å²) in [5.74, 6) is -1.08. The normalized spacial score (nSPS) is 13.2. The summed E-state index contributed by atoms with van der Waals surface area (Å²) in [7, 11) is 0. The average Bonchev–Trinajstić information content (AvgIpc) is 3.33. The summed E-state index contributed by atoms with van der Waals surface area (Å²) in [4.78, 5) is 38.0. The first-order chi connectivity index (χ1) is 33.0. The average molecular weight is 925 g/mol. The zero-order chi connectivity index (χ0) is 48.6. The molecule has 0 N–H and O–H groups in total. The molecule has 0 aliphatic heterocycles. The van der Waals surface area contributed by atoms with E-state index in [1.807, 2.05) is 12.2 Å². The molecule has 6 heteroatoms. The van der Waals surface area contributed by atoms with Crippen molar-refractivity contribution in [2.45, 2.75) is 219 Å². The van der Waals surface area contributed by atoms with Crippen molar-refractivity contribution in [1.82, 2.24) is 0 Å². The molecule has 0 unspecified atom stereocenters. The Labute approximate surface area is 411 Å². The number of unbranched alkanes of at least 4 members (excludes halogenated alkanes) is 13. The highest BCUT2D eigenvalue weighted by atomic mass is 16.6. The van der Waals surface area contributed by atoms with Crippen LogP contribution < -0.4 is 0 Å². The van der Waals surface area contributed by atoms with Gasteiger partial charge in [-0.3, -0.25) is 14.4 Å². The molecule has 1 atom stereocenters. The van der Waals surface area contributed by atoms with Crippen LogP contribution in [0, 0.1) is 0 Å². The molecule has 0 spiro atoms. The molecule has 0 aromatic heterocycles. The van der Waals surface area contributed by atoms with Crippen LogP contribution in [0.5, 0.6) is 0 Å². The first kappa shape index (κ1) is 62.5. The quantitative estimate of drug-likeness (QED) is 0.0262. The van der Waals surface area contributed by atoms with Crippen molar-refractivity contribution in [3.63, 3.8) is 0 Å². The minimum atomic E-state index is -0.841. The second kappa shape index (κ2) is 54.2. The van der Waals surface area contributed by atoms with E-state index in [1.165, 1.54) is 64.2 Å². The van der Waals surface area contributed by atoms with E-state index in [4.69, 9.17) is 14.2 Å². The van der Waals surface area contributed by atoms with E-state index >= 15 is 0 Å². The maximum absolute atomic E-state index is 12.8. The van der Waals surface area contributed by atoms with Crippen molar-refractivity contribution in [3.8, 4) is 0 Å². The Morgan fingerprint density at radius 1 is 0.313 bits per heavy atom. The number of hydrogen-bond donors (Lipinski definition) is 0. The largest absolute Gasteiger partial charge is 0.462 e. The molecule has 0 aromatic rings. The van der Waals surface area contributed by atoms with Gasteiger partial charge in [0.15, 0.2) is 6.10 Å². The molecule has 0 aromatic carbocycles. The van der Waals surface area contributed by atoms with Gasteiger partial charge in [0.2, 0.25) is 0 Å². The Bertz CT molecular complexity index is 1480. The molecule has 0 rings (SSSR count). The minimum Gasteiger partial charge on any atom is -0.462 e. The van der Waals surface area contributed by atoms with Crippen LogP contribution in [0.2, 0.25) is 0 Å². The summed E-state index contributed by atoms with van der Waals surface area (Å²) in [6.45, 7) is 6.28. The molecular formula is C61H96O6. The fourth-order valence-electron chi connectivity index (χ4n) is 6.74. The van der Waals surface area contributed by atoms with Crippen LogP contribution in [0.25, 0.3) is 0 Å². The molecule has 0 saturated heterocycles. The molecule has 0 amide bonds. The Morgan fingerprint density at radius 2 is 0.612 bits per heavy atom. The Kier molecular flexibility index (Phi) is 50.6. The van der Waals surface area contributed by atoms with Gasteiger partial charge >= 0.3 is 17.9 Å². The highest BCUT2D eigenvalue weighted by molar-refractivity contribution is 5.71. The van der Waals surface area contributed by atoms with E-state index in [1.54, 1.807) is 0 Å². The van der Waals surface area contributed by atoms with Crippen LogP contribution in [0.1, 0.15) is 213 Å². The van der Waals surface area contributed by atoms with Crippen LogP contribution in [0.3, 0.4) is 0 Å². The lowest BCUT2D eigenvalue weighted by atomic mass is 10.0. The monoisotopic (exact) mass is 925 g/mol. The maximum atomic E-state index is 12.8. The molecule has 0 saturated carbocycles. The molecule has 0 radical (unpaired) electrons. The van der Waals surface area contributed by atoms with Crippen molar-refractivity contribution in [3.05, 3.63) is 134 Å². The van der Waals surface area contributed by atoms with Crippen LogP contribution in [-0.4, -0.2) is 37.2 Å². The predicted octanol–water partition coefficient (Wildman–Crippen LogP) is 17.9. The minimum absolute atomic E-state index is 0.127. The van der Waals surface area contributed by atoms with E-state index in [-0.39, 0.29) is 44.0 Å². The summed E-state index contributed by atoms with van der Waals surface area (Å²) in [6.07, 6.45) is 76.0. The third-order valence-corrected chi connectivity index (χ3v) is 10.7. The van der Waals surface area contributed by atoms with E-state index in [9.17, 15) is 14.4 Å². The topological polar surface area (TPSA) is 78.9 Å². The lowest BCUT2D eigenvalue weighted by molar-refractivity contribution is -0.166. The van der Waals surface area contributed by atoms with Crippen molar-refractivity contribution < 1.29 is 28.6 Å². The molecule has 0 aliphatic carbocycles. The highest BCUT2D eigenvalue weighted by Gasteiger charge is 2.19. The number of carbonyl (C=O) groups excluding carboxylic acids is 3. The van der Waals surface area contributed by atoms with E-state index < -0.39 is 6.10 Å². The second-order valence-electron chi connectivity index (χ2n) is 17.0. The van der Waals surface area contributed by atoms with Crippen molar-refractivity contribution in [1.29, 1.82) is 0 Å². The van der Waals surface area contributed by atoms with Gasteiger partial charge in [-0.25, -0.2) is 0 Å². The first-order valence-electron chi connectivity index (χ1n) is 26.7. The molecule has 0 fully saturated rings. The number of ether oxygens (including phenoxy) is 3. The van der Waals surface area contributed by atoms with Gasteiger partial charge < -0.3 is 14.2 Å². The second-order valence-corrected chi connectivity index (χ2v) is 17.0. The van der Waals surface area contributed by atoms with Gasteiger partial charge in [-0.2, -0.15) is 0 Å². The molecule has 0 heterocycles. The number of rotatable bonds is 46. The number of esters is 3. The van der Waals surface area contributed by atoms with Gasteiger partial charge in [0.25, 0.3) is 0 Å². The number of allylic oxidation sites excluding steroid dienone is 22. The summed E-state index contributed by atoms with van der Waals surface area (Å²) in [6, 6.07) is 0. The van der Waals surface area contributed by atoms with Crippen molar-refractivity contribution in [2.75, 3.05) is 13.2 Å². The summed E-state index contributed by atoms with van der Waals surface area (Å²) < 4.78 is 16.7. The SMILES string of the molecule is CC/C=C\C/C=C\C/C=C\C/C=C\C/C=C\C/C=C\CCC(=O)OC[C@H](COC(=O)CCCCCCCCCCCCCCC)OC(=O)CCC/C=C\C/C=C\C/C=C\C/C=C\C/C=C\CC. The fraction of sp³-hybridized carbons (Fsp3) is 0.590. The Balaban J connectivity index is 4.61. The zero-order valence-electron chi connectivity index (χ0n) is 42.9. The van der Waals surface area contributed by atoms with Gasteiger partial charge in [-0.15, -0.1) is 0 Å². The predicted molar refractivity (Wildman–Crippen MR) is 288 cm³/mol. The fourth-order valence-corrected chi connectivity index (χ4v) is 6.74. The molecule has 67 heavy (non-hydrogen) atoms. The van der Waals surface area contributed by atoms with Gasteiger partial charge in [-0.05, 0) is 96.3 Å². The molecule has 0 bridgehead atoms. The Hall–Kier alpha value is -4.45. The van der Waals surface area contributed by atoms with Crippen molar-refractivity contribution >= 4 is 17.9 Å². The van der Waals surface area contributed by atoms with Gasteiger partial charge in [0, 0.05) is 19.3 Å². The van der Waals surface area contributed by atoms with Crippen molar-refractivity contribution in [2.24, 2.45) is 0 Å². The van der Waals surface area contributed by atoms with Crippen LogP contribution in [-0.2, 0) is 28.6 Å². The van der Waals surface area contributed by atoms with Crippen LogP contribution in [0.15, 0.2) is 134 Å². The molecule has 0 aliphatic rings. The van der Waals surface area contributed by atoms with Gasteiger partial charge in [-0.1, -0.05) is 231 Å². The molecule has 376 valence electrons. The van der Waals surface area contributed by atoms with Crippen LogP contribution in [0.4, 0.5) is 0 Å². The molecule has 6 nitrogen and oxygen atoms in total. The smallest absolute Gasteiger partial charge is 0.306 e. The summed E-state index contributed by atoms with van der Waals surface area (Å²) >= 11 is 0. The van der Waals surface area contributed by atoms with E-state index in [0.29, 0.717) is 19.3 Å². The van der Waals surface area contributed by atoms with Crippen LogP contribution >= 0.6 is 0 Å². The standard InChI is InChI=1S/C61H96O6/c1-4-7-10-13-16-19-22-25-27-29-30-32-33-36-39-42-45-48-51-54-60(63)66-57-58(56-65-59(62)53-50-47-44-41-38-35-24-21-18-15-12-9-6-3)67-61(64)55-52-49-46-43-40-37-34-31-28-26-23-20-17-14-11-8-5-2/h7-8,10-11,16-17,19-20,25-28,30,32,34,36-37,39,43,45-46,48,58H,4-6,9,12-15,18,21-24,29,31,33,35,38,40-42,44,47,49-57H2,1-3H3/b10-7-,11-8-,19-16-,20-17-,27-25-,28-26-,32-30-,37-34-,39-36-,46-43-,48-45-/t58-/m0/s1. The lowest BCUT2D eigenvalue weighted by Crippen LogP contribution is -2.30. The number of hydrogen-bond acceptors (Lipinski definition) is 6. The van der Waals surface area contributed by atoms with Gasteiger partial charge in [0.1, 0.15) is 13.2 Å². The maximum Gasteiger partial charge on any atom is 0.306 e. The number of carbonyl (C=O) groups is 3. The summed E-state index contributed by atoms with van der Waals surface area (Å²) in [5.41, 5.74) is 0. The Morgan fingerprint density at radius 3 is 0.985 bits per heavy atom.